The van der Waals surface area contributed by atoms with Gasteiger partial charge in [-0.2, -0.15) is 0 Å². The van der Waals surface area contributed by atoms with Crippen LogP contribution in [0, 0.1) is 6.92 Å². The Morgan fingerprint density at radius 3 is 2.59 bits per heavy atom. The van der Waals surface area contributed by atoms with E-state index in [1.165, 1.54) is 19.3 Å². The van der Waals surface area contributed by atoms with Gasteiger partial charge >= 0.3 is 0 Å². The number of unbranched alkanes of at least 4 members (excludes halogenated alkanes) is 2. The number of hydrogen-bond acceptors (Lipinski definition) is 3. The Morgan fingerprint density at radius 1 is 1.24 bits per heavy atom. The Kier molecular flexibility index (Phi) is 6.34. The minimum Gasteiger partial charge on any atom is -0.301 e. The van der Waals surface area contributed by atoms with E-state index in [0.717, 1.165) is 35.0 Å². The molecule has 0 radical (unpaired) electrons. The van der Waals surface area contributed by atoms with E-state index < -0.39 is 0 Å². The maximum Gasteiger partial charge on any atom is 0.254 e. The van der Waals surface area contributed by atoms with Crippen LogP contribution in [0.1, 0.15) is 50.8 Å². The third-order valence-corrected chi connectivity index (χ3v) is 3.65. The van der Waals surface area contributed by atoms with Gasteiger partial charge in [-0.1, -0.05) is 44.9 Å². The number of aryl methyl sites for hydroxylation is 1. The van der Waals surface area contributed by atoms with E-state index in [4.69, 9.17) is 0 Å². The van der Waals surface area contributed by atoms with Gasteiger partial charge in [0, 0.05) is 17.0 Å². The molecule has 96 valence electrons. The van der Waals surface area contributed by atoms with Crippen molar-refractivity contribution in [3.8, 4) is 0 Å². The van der Waals surface area contributed by atoms with Crippen LogP contribution in [-0.4, -0.2) is 15.7 Å². The lowest BCUT2D eigenvalue weighted by Gasteiger charge is -2.05. The second kappa shape index (κ2) is 7.54. The summed E-state index contributed by atoms with van der Waals surface area (Å²) in [5.41, 5.74) is 1.76. The number of aromatic nitrogens is 2. The molecule has 0 unspecified atom stereocenters. The molecule has 0 aliphatic carbocycles. The Labute approximate surface area is 107 Å². The summed E-state index contributed by atoms with van der Waals surface area (Å²) in [4.78, 5) is 19.2. The fourth-order valence-corrected chi connectivity index (χ4v) is 2.63. The van der Waals surface area contributed by atoms with E-state index in [-0.39, 0.29) is 5.56 Å². The van der Waals surface area contributed by atoms with Crippen LogP contribution in [0.15, 0.2) is 9.95 Å². The molecule has 1 rings (SSSR count). The van der Waals surface area contributed by atoms with Crippen LogP contribution in [0.5, 0.6) is 0 Å². The number of aromatic amines is 1. The van der Waals surface area contributed by atoms with Crippen LogP contribution >= 0.6 is 11.8 Å². The lowest BCUT2D eigenvalue weighted by molar-refractivity contribution is 0.774. The van der Waals surface area contributed by atoms with Crippen LogP contribution in [0.25, 0.3) is 0 Å². The predicted octanol–water partition coefficient (Wildman–Crippen LogP) is 3.31. The predicted molar refractivity (Wildman–Crippen MR) is 73.8 cm³/mol. The molecule has 1 N–H and O–H groups in total. The van der Waals surface area contributed by atoms with Gasteiger partial charge in [-0.3, -0.25) is 4.79 Å². The zero-order chi connectivity index (χ0) is 12.7. The van der Waals surface area contributed by atoms with Gasteiger partial charge in [0.05, 0.1) is 0 Å². The minimum atomic E-state index is 0.0392. The van der Waals surface area contributed by atoms with Gasteiger partial charge < -0.3 is 4.98 Å². The van der Waals surface area contributed by atoms with Gasteiger partial charge in [0.15, 0.2) is 5.16 Å². The highest BCUT2D eigenvalue weighted by Gasteiger charge is 2.07. The SMILES string of the molecule is CCCCCSc1nc(C)c(CCC)c(=O)[nH]1. The fraction of sp³-hybridized carbons (Fsp3) is 0.692. The molecule has 1 aromatic heterocycles. The molecule has 0 spiro atoms. The minimum absolute atomic E-state index is 0.0392. The van der Waals surface area contributed by atoms with Crippen molar-refractivity contribution in [2.45, 2.75) is 58.0 Å². The second-order valence-electron chi connectivity index (χ2n) is 4.24. The van der Waals surface area contributed by atoms with Gasteiger partial charge in [-0.05, 0) is 19.8 Å². The molecule has 0 fully saturated rings. The third kappa shape index (κ3) is 4.54. The summed E-state index contributed by atoms with van der Waals surface area (Å²) in [5.74, 6) is 1.03. The average Bonchev–Trinajstić information content (AvgIpc) is 2.29. The first-order valence-corrected chi connectivity index (χ1v) is 7.40. The second-order valence-corrected chi connectivity index (χ2v) is 5.32. The Morgan fingerprint density at radius 2 is 2.00 bits per heavy atom. The first-order valence-electron chi connectivity index (χ1n) is 6.41. The average molecular weight is 254 g/mol. The number of hydrogen-bond donors (Lipinski definition) is 1. The quantitative estimate of drug-likeness (QED) is 0.461. The monoisotopic (exact) mass is 254 g/mol. The van der Waals surface area contributed by atoms with Crippen LogP contribution in [0.4, 0.5) is 0 Å². The standard InChI is InChI=1S/C13H22N2OS/c1-4-6-7-9-17-13-14-10(3)11(8-5-2)12(16)15-13/h4-9H2,1-3H3,(H,14,15,16). The lowest BCUT2D eigenvalue weighted by atomic mass is 10.1. The van der Waals surface area contributed by atoms with Crippen molar-refractivity contribution in [1.29, 1.82) is 0 Å². The van der Waals surface area contributed by atoms with E-state index in [1.807, 2.05) is 6.92 Å². The first-order chi connectivity index (χ1) is 8.19. The first kappa shape index (κ1) is 14.3. The maximum atomic E-state index is 11.8. The van der Waals surface area contributed by atoms with Crippen molar-refractivity contribution < 1.29 is 0 Å². The summed E-state index contributed by atoms with van der Waals surface area (Å²) in [6, 6.07) is 0. The molecule has 1 heterocycles. The van der Waals surface area contributed by atoms with Crippen molar-refractivity contribution in [1.82, 2.24) is 9.97 Å². The molecule has 4 heteroatoms. The normalized spacial score (nSPS) is 10.8. The summed E-state index contributed by atoms with van der Waals surface area (Å²) in [5, 5.41) is 0.767. The number of H-pyrrole nitrogens is 1. The largest absolute Gasteiger partial charge is 0.301 e. The van der Waals surface area contributed by atoms with Crippen molar-refractivity contribution in [3.63, 3.8) is 0 Å². The van der Waals surface area contributed by atoms with Gasteiger partial charge in [-0.15, -0.1) is 0 Å². The summed E-state index contributed by atoms with van der Waals surface area (Å²) < 4.78 is 0. The smallest absolute Gasteiger partial charge is 0.254 e. The van der Waals surface area contributed by atoms with E-state index in [9.17, 15) is 4.79 Å². The van der Waals surface area contributed by atoms with Crippen molar-refractivity contribution in [3.05, 3.63) is 21.6 Å². The van der Waals surface area contributed by atoms with E-state index in [1.54, 1.807) is 11.8 Å². The summed E-state index contributed by atoms with van der Waals surface area (Å²) in [7, 11) is 0. The molecule has 0 atom stereocenters. The highest BCUT2D eigenvalue weighted by molar-refractivity contribution is 7.99. The highest BCUT2D eigenvalue weighted by atomic mass is 32.2. The van der Waals surface area contributed by atoms with E-state index in [0.29, 0.717) is 0 Å². The van der Waals surface area contributed by atoms with Gasteiger partial charge in [0.1, 0.15) is 0 Å². The third-order valence-electron chi connectivity index (χ3n) is 2.69. The number of nitrogens with zero attached hydrogens (tertiary/aromatic N) is 1. The molecule has 0 aliphatic heterocycles. The zero-order valence-electron chi connectivity index (χ0n) is 11.0. The molecule has 0 amide bonds. The zero-order valence-corrected chi connectivity index (χ0v) is 11.8. The Bertz CT molecular complexity index is 401. The van der Waals surface area contributed by atoms with Crippen LogP contribution in [0.3, 0.4) is 0 Å². The van der Waals surface area contributed by atoms with Gasteiger partial charge in [0.25, 0.3) is 5.56 Å². The van der Waals surface area contributed by atoms with Crippen molar-refractivity contribution in [2.75, 3.05) is 5.75 Å². The molecule has 0 aliphatic rings. The maximum absolute atomic E-state index is 11.8. The van der Waals surface area contributed by atoms with Gasteiger partial charge in [-0.25, -0.2) is 4.98 Å². The van der Waals surface area contributed by atoms with Crippen LogP contribution in [-0.2, 0) is 6.42 Å². The summed E-state index contributed by atoms with van der Waals surface area (Å²) in [6.45, 7) is 6.19. The molecule has 1 aromatic rings. The molecule has 0 saturated carbocycles. The molecule has 0 saturated heterocycles. The molecule has 0 bridgehead atoms. The summed E-state index contributed by atoms with van der Waals surface area (Å²) in [6.07, 6.45) is 5.44. The van der Waals surface area contributed by atoms with E-state index in [2.05, 4.69) is 23.8 Å². The summed E-state index contributed by atoms with van der Waals surface area (Å²) >= 11 is 1.65. The lowest BCUT2D eigenvalue weighted by Crippen LogP contribution is -2.17. The van der Waals surface area contributed by atoms with Crippen LogP contribution < -0.4 is 5.56 Å². The van der Waals surface area contributed by atoms with Crippen LogP contribution in [0.2, 0.25) is 0 Å². The number of nitrogens with one attached hydrogen (secondary N) is 1. The van der Waals surface area contributed by atoms with Crippen molar-refractivity contribution >= 4 is 11.8 Å². The molecule has 3 nitrogen and oxygen atoms in total. The molecule has 0 aromatic carbocycles. The molecular weight excluding hydrogens is 232 g/mol. The Hall–Kier alpha value is -0.770. The topological polar surface area (TPSA) is 45.8 Å². The van der Waals surface area contributed by atoms with Gasteiger partial charge in [0.2, 0.25) is 0 Å². The van der Waals surface area contributed by atoms with E-state index >= 15 is 0 Å². The van der Waals surface area contributed by atoms with Crippen molar-refractivity contribution in [2.24, 2.45) is 0 Å². The fourth-order valence-electron chi connectivity index (χ4n) is 1.72. The number of thioether (sulfide) groups is 1. The number of rotatable bonds is 7. The molecule has 17 heavy (non-hydrogen) atoms. The Balaban J connectivity index is 2.66. The highest BCUT2D eigenvalue weighted by Crippen LogP contribution is 2.15. The molecular formula is C13H22N2OS.